The van der Waals surface area contributed by atoms with Crippen molar-refractivity contribution < 1.29 is 9.53 Å². The third kappa shape index (κ3) is 5.90. The molecule has 0 aliphatic rings. The van der Waals surface area contributed by atoms with Gasteiger partial charge in [0.05, 0.1) is 18.6 Å². The van der Waals surface area contributed by atoms with Crippen LogP contribution in [0.4, 0.5) is 0 Å². The molecule has 0 fully saturated rings. The van der Waals surface area contributed by atoms with Crippen molar-refractivity contribution in [1.29, 1.82) is 0 Å². The Morgan fingerprint density at radius 1 is 1.03 bits per heavy atom. The quantitative estimate of drug-likeness (QED) is 0.214. The fourth-order valence-corrected chi connectivity index (χ4v) is 3.97. The van der Waals surface area contributed by atoms with E-state index in [0.717, 1.165) is 28.4 Å². The first-order valence-electron chi connectivity index (χ1n) is 10.9. The smallest absolute Gasteiger partial charge is 0.250 e. The van der Waals surface area contributed by atoms with Crippen LogP contribution in [0.1, 0.15) is 18.1 Å². The van der Waals surface area contributed by atoms with Gasteiger partial charge >= 0.3 is 0 Å². The zero-order valence-electron chi connectivity index (χ0n) is 19.0. The summed E-state index contributed by atoms with van der Waals surface area (Å²) in [5.74, 6) is 1.45. The Morgan fingerprint density at radius 2 is 1.76 bits per heavy atom. The van der Waals surface area contributed by atoms with E-state index in [1.54, 1.807) is 6.21 Å². The molecule has 0 aliphatic heterocycles. The largest absolute Gasteiger partial charge is 0.494 e. The van der Waals surface area contributed by atoms with E-state index in [9.17, 15) is 4.79 Å². The first kappa shape index (κ1) is 23.3. The van der Waals surface area contributed by atoms with Gasteiger partial charge in [0.1, 0.15) is 5.75 Å². The first-order valence-corrected chi connectivity index (χ1v) is 11.9. The molecule has 0 saturated heterocycles. The standard InChI is InChI=1S/C26H25N5O2S/c1-3-33-23-15-11-20(12-16-23)17-27-28-24(32)18-34-26-30-29-25(21-13-9-19(2)10-14-21)31(26)22-7-5-4-6-8-22/h4-17H,3,18H2,1-2H3,(H,28,32)/b27-17-. The summed E-state index contributed by atoms with van der Waals surface area (Å²) in [6.45, 7) is 4.60. The molecule has 0 saturated carbocycles. The fraction of sp³-hybridized carbons (Fsp3) is 0.154. The minimum atomic E-state index is -0.230. The number of aryl methyl sites for hydroxylation is 1. The minimum absolute atomic E-state index is 0.152. The van der Waals surface area contributed by atoms with Gasteiger partial charge in [0.15, 0.2) is 11.0 Å². The Bertz CT molecular complexity index is 1250. The predicted molar refractivity (Wildman–Crippen MR) is 136 cm³/mol. The minimum Gasteiger partial charge on any atom is -0.494 e. The zero-order chi connectivity index (χ0) is 23.8. The molecule has 1 aromatic heterocycles. The summed E-state index contributed by atoms with van der Waals surface area (Å²) in [4.78, 5) is 12.4. The van der Waals surface area contributed by atoms with Crippen LogP contribution in [0, 0.1) is 6.92 Å². The third-order valence-electron chi connectivity index (χ3n) is 4.88. The summed E-state index contributed by atoms with van der Waals surface area (Å²) < 4.78 is 7.39. The number of benzene rings is 3. The number of carbonyl (C=O) groups is 1. The van der Waals surface area contributed by atoms with Gasteiger partial charge in [-0.1, -0.05) is 59.8 Å². The second kappa shape index (κ2) is 11.3. The van der Waals surface area contributed by atoms with Crippen LogP contribution in [0.25, 0.3) is 17.1 Å². The molecular weight excluding hydrogens is 446 g/mol. The maximum atomic E-state index is 12.4. The third-order valence-corrected chi connectivity index (χ3v) is 5.81. The Balaban J connectivity index is 1.44. The number of nitrogens with zero attached hydrogens (tertiary/aromatic N) is 4. The van der Waals surface area contributed by atoms with Gasteiger partial charge in [0.2, 0.25) is 0 Å². The van der Waals surface area contributed by atoms with Crippen LogP contribution in [-0.4, -0.2) is 39.2 Å². The number of amides is 1. The van der Waals surface area contributed by atoms with E-state index in [4.69, 9.17) is 4.74 Å². The van der Waals surface area contributed by atoms with Crippen molar-refractivity contribution in [2.24, 2.45) is 5.10 Å². The number of rotatable bonds is 9. The zero-order valence-corrected chi connectivity index (χ0v) is 19.8. The molecule has 0 radical (unpaired) electrons. The molecule has 8 heteroatoms. The summed E-state index contributed by atoms with van der Waals surface area (Å²) in [5.41, 5.74) is 6.49. The highest BCUT2D eigenvalue weighted by Gasteiger charge is 2.17. The highest BCUT2D eigenvalue weighted by molar-refractivity contribution is 7.99. The summed E-state index contributed by atoms with van der Waals surface area (Å²) in [7, 11) is 0. The lowest BCUT2D eigenvalue weighted by Gasteiger charge is -2.10. The Morgan fingerprint density at radius 3 is 2.47 bits per heavy atom. The molecule has 1 heterocycles. The van der Waals surface area contributed by atoms with Crippen molar-refractivity contribution in [1.82, 2.24) is 20.2 Å². The highest BCUT2D eigenvalue weighted by Crippen LogP contribution is 2.28. The van der Waals surface area contributed by atoms with Gasteiger partial charge in [-0.3, -0.25) is 9.36 Å². The average molecular weight is 472 g/mol. The first-order chi connectivity index (χ1) is 16.6. The molecule has 0 bridgehead atoms. The molecule has 0 spiro atoms. The lowest BCUT2D eigenvalue weighted by Crippen LogP contribution is -2.20. The van der Waals surface area contributed by atoms with Gasteiger partial charge < -0.3 is 4.74 Å². The molecule has 172 valence electrons. The number of aromatic nitrogens is 3. The molecular formula is C26H25N5O2S. The SMILES string of the molecule is CCOc1ccc(/C=N\NC(=O)CSc2nnc(-c3ccc(C)cc3)n2-c2ccccc2)cc1. The van der Waals surface area contributed by atoms with Gasteiger partial charge in [0.25, 0.3) is 5.91 Å². The van der Waals surface area contributed by atoms with Crippen LogP contribution in [0.5, 0.6) is 5.75 Å². The van der Waals surface area contributed by atoms with Gasteiger partial charge in [-0.2, -0.15) is 5.10 Å². The van der Waals surface area contributed by atoms with E-state index in [-0.39, 0.29) is 11.7 Å². The van der Waals surface area contributed by atoms with E-state index in [1.807, 2.05) is 97.3 Å². The number of hydrogen-bond acceptors (Lipinski definition) is 6. The molecule has 0 unspecified atom stereocenters. The van der Waals surface area contributed by atoms with Crippen LogP contribution in [0.15, 0.2) is 89.1 Å². The van der Waals surface area contributed by atoms with E-state index < -0.39 is 0 Å². The van der Waals surface area contributed by atoms with Crippen LogP contribution < -0.4 is 10.2 Å². The topological polar surface area (TPSA) is 81.4 Å². The molecule has 1 N–H and O–H groups in total. The molecule has 4 aromatic rings. The number of hydrogen-bond donors (Lipinski definition) is 1. The fourth-order valence-electron chi connectivity index (χ4n) is 3.22. The van der Waals surface area contributed by atoms with Gasteiger partial charge in [-0.25, -0.2) is 5.43 Å². The number of ether oxygens (including phenoxy) is 1. The van der Waals surface area contributed by atoms with Gasteiger partial charge in [0, 0.05) is 11.3 Å². The lowest BCUT2D eigenvalue weighted by molar-refractivity contribution is -0.118. The van der Waals surface area contributed by atoms with Crippen LogP contribution in [0.3, 0.4) is 0 Å². The normalized spacial score (nSPS) is 11.0. The number of nitrogens with one attached hydrogen (secondary N) is 1. The molecule has 34 heavy (non-hydrogen) atoms. The molecule has 3 aromatic carbocycles. The number of para-hydroxylation sites is 1. The van der Waals surface area contributed by atoms with Crippen LogP contribution in [0.2, 0.25) is 0 Å². The van der Waals surface area contributed by atoms with Crippen molar-refractivity contribution in [2.45, 2.75) is 19.0 Å². The van der Waals surface area contributed by atoms with Crippen molar-refractivity contribution in [3.8, 4) is 22.8 Å². The van der Waals surface area contributed by atoms with Crippen LogP contribution >= 0.6 is 11.8 Å². The molecule has 0 atom stereocenters. The van der Waals surface area contributed by atoms with E-state index in [0.29, 0.717) is 11.8 Å². The van der Waals surface area contributed by atoms with Crippen molar-refractivity contribution in [3.63, 3.8) is 0 Å². The molecule has 1 amide bonds. The van der Waals surface area contributed by atoms with Crippen LogP contribution in [-0.2, 0) is 4.79 Å². The number of thioether (sulfide) groups is 1. The molecule has 0 aliphatic carbocycles. The van der Waals surface area contributed by atoms with E-state index in [1.165, 1.54) is 17.3 Å². The Kier molecular flexibility index (Phi) is 7.72. The average Bonchev–Trinajstić information content (AvgIpc) is 3.29. The number of hydrazone groups is 1. The van der Waals surface area contributed by atoms with E-state index >= 15 is 0 Å². The summed E-state index contributed by atoms with van der Waals surface area (Å²) in [6.07, 6.45) is 1.60. The Labute approximate surface area is 202 Å². The van der Waals surface area contributed by atoms with Gasteiger partial charge in [-0.15, -0.1) is 10.2 Å². The van der Waals surface area contributed by atoms with Crippen molar-refractivity contribution >= 4 is 23.9 Å². The molecule has 4 rings (SSSR count). The number of carbonyl (C=O) groups excluding carboxylic acids is 1. The maximum Gasteiger partial charge on any atom is 0.250 e. The monoisotopic (exact) mass is 471 g/mol. The van der Waals surface area contributed by atoms with Gasteiger partial charge in [-0.05, 0) is 55.8 Å². The maximum absolute atomic E-state index is 12.4. The van der Waals surface area contributed by atoms with E-state index in [2.05, 4.69) is 20.7 Å². The molecule has 7 nitrogen and oxygen atoms in total. The summed E-state index contributed by atoms with van der Waals surface area (Å²) in [6, 6.07) is 25.5. The predicted octanol–water partition coefficient (Wildman–Crippen LogP) is 4.88. The lowest BCUT2D eigenvalue weighted by atomic mass is 10.1. The summed E-state index contributed by atoms with van der Waals surface area (Å²) in [5, 5.41) is 13.5. The van der Waals surface area contributed by atoms with Crippen molar-refractivity contribution in [2.75, 3.05) is 12.4 Å². The highest BCUT2D eigenvalue weighted by atomic mass is 32.2. The summed E-state index contributed by atoms with van der Waals surface area (Å²) >= 11 is 1.31. The Hall–Kier alpha value is -3.91. The second-order valence-electron chi connectivity index (χ2n) is 7.43. The van der Waals surface area contributed by atoms with Crippen molar-refractivity contribution in [3.05, 3.63) is 90.0 Å². The second-order valence-corrected chi connectivity index (χ2v) is 8.37.